The molecule has 1 heterocycles. The average molecular weight is 573 g/mol. The van der Waals surface area contributed by atoms with E-state index in [2.05, 4.69) is 73.7 Å². The van der Waals surface area contributed by atoms with E-state index in [1.165, 1.54) is 16.8 Å². The summed E-state index contributed by atoms with van der Waals surface area (Å²) in [6.07, 6.45) is 6.54. The van der Waals surface area contributed by atoms with E-state index in [0.29, 0.717) is 0 Å². The summed E-state index contributed by atoms with van der Waals surface area (Å²) in [7, 11) is -2.05. The SMILES string of the molecule is CC(C)c1nc2c(c([C@@H]3CCC=C3O[Si](C)(C)C(C)(C)C)c1[C@H](O)c1ccc(C(C)(C)C#N)cc1)CCC(C)(C)C2. The molecule has 2 aliphatic carbocycles. The van der Waals surface area contributed by atoms with Crippen molar-refractivity contribution in [2.45, 2.75) is 136 Å². The number of hydrogen-bond donors (Lipinski definition) is 1. The molecule has 0 bridgehead atoms. The van der Waals surface area contributed by atoms with E-state index in [-0.39, 0.29) is 22.3 Å². The lowest BCUT2D eigenvalue weighted by Crippen LogP contribution is -2.41. The molecule has 222 valence electrons. The summed E-state index contributed by atoms with van der Waals surface area (Å²) in [4.78, 5) is 5.34. The number of aromatic nitrogens is 1. The van der Waals surface area contributed by atoms with Gasteiger partial charge in [0.1, 0.15) is 6.10 Å². The number of nitriles is 1. The Bertz CT molecular complexity index is 1350. The number of benzene rings is 1. The maximum atomic E-state index is 12.2. The second-order valence-electron chi connectivity index (χ2n) is 15.6. The molecule has 4 rings (SSSR count). The molecule has 41 heavy (non-hydrogen) atoms. The summed E-state index contributed by atoms with van der Waals surface area (Å²) < 4.78 is 7.04. The zero-order valence-corrected chi connectivity index (χ0v) is 28.4. The first-order valence-electron chi connectivity index (χ1n) is 15.5. The van der Waals surface area contributed by atoms with Crippen molar-refractivity contribution in [1.29, 1.82) is 5.26 Å². The van der Waals surface area contributed by atoms with Gasteiger partial charge in [-0.2, -0.15) is 5.26 Å². The van der Waals surface area contributed by atoms with Crippen molar-refractivity contribution in [3.63, 3.8) is 0 Å². The first-order valence-corrected chi connectivity index (χ1v) is 18.4. The molecule has 1 aromatic heterocycles. The van der Waals surface area contributed by atoms with Gasteiger partial charge in [0.2, 0.25) is 8.32 Å². The largest absolute Gasteiger partial charge is 0.546 e. The third-order valence-corrected chi connectivity index (χ3v) is 14.3. The van der Waals surface area contributed by atoms with E-state index < -0.39 is 19.8 Å². The molecule has 2 atom stereocenters. The van der Waals surface area contributed by atoms with Crippen LogP contribution in [-0.2, 0) is 22.7 Å². The van der Waals surface area contributed by atoms with E-state index in [1.54, 1.807) is 0 Å². The molecular weight excluding hydrogens is 520 g/mol. The molecule has 2 aliphatic rings. The summed E-state index contributed by atoms with van der Waals surface area (Å²) >= 11 is 0. The molecule has 0 saturated carbocycles. The molecule has 0 aliphatic heterocycles. The van der Waals surface area contributed by atoms with Gasteiger partial charge in [0.15, 0.2) is 0 Å². The molecule has 1 aromatic carbocycles. The summed E-state index contributed by atoms with van der Waals surface area (Å²) in [5.74, 6) is 1.39. The van der Waals surface area contributed by atoms with Crippen molar-refractivity contribution in [1.82, 2.24) is 4.98 Å². The highest BCUT2D eigenvalue weighted by atomic mass is 28.4. The molecule has 0 amide bonds. The minimum atomic E-state index is -2.05. The van der Waals surface area contributed by atoms with Gasteiger partial charge >= 0.3 is 0 Å². The molecule has 0 fully saturated rings. The third-order valence-electron chi connectivity index (χ3n) is 9.91. The number of rotatable bonds is 7. The van der Waals surface area contributed by atoms with Crippen molar-refractivity contribution in [2.24, 2.45) is 5.41 Å². The van der Waals surface area contributed by atoms with Gasteiger partial charge in [-0.25, -0.2) is 0 Å². The summed E-state index contributed by atoms with van der Waals surface area (Å²) in [6.45, 7) is 24.5. The predicted molar refractivity (Wildman–Crippen MR) is 172 cm³/mol. The summed E-state index contributed by atoms with van der Waals surface area (Å²) in [5.41, 5.74) is 7.22. The Morgan fingerprint density at radius 1 is 1.10 bits per heavy atom. The van der Waals surface area contributed by atoms with E-state index >= 15 is 0 Å². The Morgan fingerprint density at radius 3 is 2.29 bits per heavy atom. The Labute approximate surface area is 250 Å². The maximum Gasteiger partial charge on any atom is 0.250 e. The minimum absolute atomic E-state index is 0.104. The van der Waals surface area contributed by atoms with Crippen molar-refractivity contribution in [3.05, 3.63) is 75.3 Å². The Balaban J connectivity index is 1.92. The molecule has 4 nitrogen and oxygen atoms in total. The molecule has 1 N–H and O–H groups in total. The number of aliphatic hydroxyl groups is 1. The highest BCUT2D eigenvalue weighted by molar-refractivity contribution is 6.74. The van der Waals surface area contributed by atoms with E-state index in [0.717, 1.165) is 60.2 Å². The van der Waals surface area contributed by atoms with Crippen LogP contribution in [0.1, 0.15) is 139 Å². The zero-order valence-electron chi connectivity index (χ0n) is 27.4. The lowest BCUT2D eigenvalue weighted by Gasteiger charge is -2.40. The summed E-state index contributed by atoms with van der Waals surface area (Å²) in [5, 5.41) is 22.0. The van der Waals surface area contributed by atoms with Gasteiger partial charge < -0.3 is 9.53 Å². The van der Waals surface area contributed by atoms with E-state index in [4.69, 9.17) is 9.41 Å². The van der Waals surface area contributed by atoms with E-state index in [9.17, 15) is 10.4 Å². The quantitative estimate of drug-likeness (QED) is 0.336. The fourth-order valence-corrected chi connectivity index (χ4v) is 7.24. The number of fused-ring (bicyclic) bond motifs is 1. The third kappa shape index (κ3) is 6.20. The number of pyridine rings is 1. The van der Waals surface area contributed by atoms with Crippen LogP contribution >= 0.6 is 0 Å². The highest BCUT2D eigenvalue weighted by Crippen LogP contribution is 2.50. The molecule has 0 unspecified atom stereocenters. The monoisotopic (exact) mass is 572 g/mol. The smallest absolute Gasteiger partial charge is 0.250 e. The van der Waals surface area contributed by atoms with Crippen LogP contribution in [0.5, 0.6) is 0 Å². The fourth-order valence-electron chi connectivity index (χ4n) is 6.12. The maximum absolute atomic E-state index is 12.2. The minimum Gasteiger partial charge on any atom is -0.546 e. The van der Waals surface area contributed by atoms with Gasteiger partial charge in [-0.15, -0.1) is 0 Å². The first kappa shape index (κ1) is 31.5. The van der Waals surface area contributed by atoms with Gasteiger partial charge in [0.25, 0.3) is 0 Å². The van der Waals surface area contributed by atoms with Crippen LogP contribution in [0, 0.1) is 16.7 Å². The molecule has 0 saturated heterocycles. The Morgan fingerprint density at radius 2 is 1.73 bits per heavy atom. The van der Waals surface area contributed by atoms with Crippen LogP contribution in [0.3, 0.4) is 0 Å². The van der Waals surface area contributed by atoms with E-state index in [1.807, 2.05) is 38.1 Å². The van der Waals surface area contributed by atoms with Crippen LogP contribution in [0.25, 0.3) is 0 Å². The Kier molecular flexibility index (Phi) is 8.46. The molecular formula is C36H52N2O2Si. The average Bonchev–Trinajstić information content (AvgIpc) is 3.32. The van der Waals surface area contributed by atoms with Gasteiger partial charge in [0, 0.05) is 22.9 Å². The lowest BCUT2D eigenvalue weighted by atomic mass is 9.71. The lowest BCUT2D eigenvalue weighted by molar-refractivity contribution is 0.214. The van der Waals surface area contributed by atoms with Crippen LogP contribution in [0.2, 0.25) is 18.1 Å². The van der Waals surface area contributed by atoms with Crippen LogP contribution < -0.4 is 0 Å². The second-order valence-corrected chi connectivity index (χ2v) is 20.3. The molecule has 0 radical (unpaired) electrons. The molecule has 5 heteroatoms. The van der Waals surface area contributed by atoms with Crippen molar-refractivity contribution in [2.75, 3.05) is 0 Å². The van der Waals surface area contributed by atoms with Crippen molar-refractivity contribution in [3.8, 4) is 6.07 Å². The topological polar surface area (TPSA) is 66.1 Å². The normalized spacial score (nSPS) is 19.9. The second kappa shape index (κ2) is 11.0. The van der Waals surface area contributed by atoms with Crippen molar-refractivity contribution < 1.29 is 9.53 Å². The van der Waals surface area contributed by atoms with Crippen LogP contribution in [-0.4, -0.2) is 18.4 Å². The Hall–Kier alpha value is -2.42. The summed E-state index contributed by atoms with van der Waals surface area (Å²) in [6, 6.07) is 10.4. The van der Waals surface area contributed by atoms with Gasteiger partial charge in [-0.1, -0.05) is 72.7 Å². The van der Waals surface area contributed by atoms with Crippen LogP contribution in [0.15, 0.2) is 36.1 Å². The number of hydrogen-bond acceptors (Lipinski definition) is 4. The van der Waals surface area contributed by atoms with Gasteiger partial charge in [-0.05, 0) is 104 Å². The van der Waals surface area contributed by atoms with Gasteiger partial charge in [0.05, 0.1) is 17.2 Å². The standard InChI is InChI=1S/C36H52N2O2Si/c1-23(2)32-31(33(39)24-15-17-25(18-16-24)36(8,9)22-37)30(26-19-20-35(6,7)21-28(26)38-32)27-13-12-14-29(27)40-41(10,11)34(3,4)5/h14-18,23,27,33,39H,12-13,19-21H2,1-11H3/t27-,33-/m1/s1. The number of nitrogens with zero attached hydrogens (tertiary/aromatic N) is 2. The zero-order chi connectivity index (χ0) is 30.5. The predicted octanol–water partition coefficient (Wildman–Crippen LogP) is 9.39. The fraction of sp³-hybridized carbons (Fsp3) is 0.611. The van der Waals surface area contributed by atoms with Gasteiger partial charge in [-0.3, -0.25) is 4.98 Å². The first-order chi connectivity index (χ1) is 18.9. The number of allylic oxidation sites excluding steroid dienone is 2. The molecule has 0 spiro atoms. The van der Waals surface area contributed by atoms with Crippen molar-refractivity contribution >= 4 is 8.32 Å². The van der Waals surface area contributed by atoms with Crippen LogP contribution in [0.4, 0.5) is 0 Å². The highest BCUT2D eigenvalue weighted by Gasteiger charge is 2.43. The molecule has 2 aromatic rings. The number of aliphatic hydroxyl groups excluding tert-OH is 1.